The number of nitrogens with zero attached hydrogens (tertiary/aromatic N) is 1. The van der Waals surface area contributed by atoms with E-state index < -0.39 is 0 Å². The van der Waals surface area contributed by atoms with Gasteiger partial charge < -0.3 is 10.2 Å². The maximum atomic E-state index is 3.55. The zero-order valence-corrected chi connectivity index (χ0v) is 8.92. The summed E-state index contributed by atoms with van der Waals surface area (Å²) in [5.74, 6) is 1.85. The van der Waals surface area contributed by atoms with Crippen molar-refractivity contribution in [3.63, 3.8) is 0 Å². The predicted molar refractivity (Wildman–Crippen MR) is 55.8 cm³/mol. The molecule has 1 N–H and O–H groups in total. The summed E-state index contributed by atoms with van der Waals surface area (Å²) in [6.07, 6.45) is 2.77. The number of fused-ring (bicyclic) bond motifs is 2. The summed E-state index contributed by atoms with van der Waals surface area (Å²) < 4.78 is 0. The molecule has 2 fully saturated rings. The van der Waals surface area contributed by atoms with Crippen LogP contribution in [0.3, 0.4) is 0 Å². The molecule has 0 aromatic rings. The van der Waals surface area contributed by atoms with Crippen molar-refractivity contribution in [1.82, 2.24) is 10.2 Å². The number of hydrogen-bond donors (Lipinski definition) is 1. The molecule has 0 spiro atoms. The van der Waals surface area contributed by atoms with Crippen molar-refractivity contribution < 1.29 is 0 Å². The smallest absolute Gasteiger partial charge is 0.0108 e. The van der Waals surface area contributed by atoms with Crippen molar-refractivity contribution in [2.24, 2.45) is 11.8 Å². The highest BCUT2D eigenvalue weighted by Crippen LogP contribution is 2.29. The first-order valence-electron chi connectivity index (χ1n) is 5.76. The molecule has 0 aliphatic carbocycles. The van der Waals surface area contributed by atoms with Gasteiger partial charge in [-0.2, -0.15) is 0 Å². The average molecular weight is 182 g/mol. The molecule has 0 aromatic heterocycles. The van der Waals surface area contributed by atoms with E-state index in [-0.39, 0.29) is 0 Å². The Balaban J connectivity index is 1.98. The van der Waals surface area contributed by atoms with E-state index in [9.17, 15) is 0 Å². The summed E-state index contributed by atoms with van der Waals surface area (Å²) in [5.41, 5.74) is 0. The lowest BCUT2D eigenvalue weighted by Gasteiger charge is -2.46. The van der Waals surface area contributed by atoms with Gasteiger partial charge in [0.15, 0.2) is 0 Å². The van der Waals surface area contributed by atoms with Gasteiger partial charge in [0.2, 0.25) is 0 Å². The molecule has 0 unspecified atom stereocenters. The van der Waals surface area contributed by atoms with E-state index in [4.69, 9.17) is 0 Å². The normalized spacial score (nSPS) is 40.6. The summed E-state index contributed by atoms with van der Waals surface area (Å²) in [4.78, 5) is 2.69. The molecule has 13 heavy (non-hydrogen) atoms. The zero-order chi connectivity index (χ0) is 9.26. The van der Waals surface area contributed by atoms with Crippen LogP contribution in [0.15, 0.2) is 0 Å². The number of likely N-dealkylation sites (tertiary alicyclic amines) is 1. The van der Waals surface area contributed by atoms with Gasteiger partial charge in [-0.15, -0.1) is 0 Å². The molecular formula is C11H22N2. The second kappa shape index (κ2) is 3.97. The minimum atomic E-state index is 0.809. The molecule has 2 nitrogen and oxygen atoms in total. The number of hydrogen-bond acceptors (Lipinski definition) is 2. The minimum Gasteiger partial charge on any atom is -0.316 e. The fourth-order valence-corrected chi connectivity index (χ4v) is 2.95. The predicted octanol–water partition coefficient (Wildman–Crippen LogP) is 1.33. The lowest BCUT2D eigenvalue weighted by molar-refractivity contribution is 0.0442. The van der Waals surface area contributed by atoms with Crippen LogP contribution in [0.5, 0.6) is 0 Å². The van der Waals surface area contributed by atoms with Gasteiger partial charge in [0.25, 0.3) is 0 Å². The molecule has 0 aromatic carbocycles. The summed E-state index contributed by atoms with van der Waals surface area (Å²) in [7, 11) is 0. The molecule has 76 valence electrons. The molecule has 2 heteroatoms. The first-order valence-corrected chi connectivity index (χ1v) is 5.76. The van der Waals surface area contributed by atoms with Gasteiger partial charge in [-0.25, -0.2) is 0 Å². The zero-order valence-electron chi connectivity index (χ0n) is 8.92. The topological polar surface area (TPSA) is 15.3 Å². The SMILES string of the molecule is CCCN1C[C@H]2CNC[C@@H](C2)[C@@H]1C. The van der Waals surface area contributed by atoms with Crippen LogP contribution in [0, 0.1) is 11.8 Å². The van der Waals surface area contributed by atoms with E-state index in [1.54, 1.807) is 0 Å². The van der Waals surface area contributed by atoms with E-state index in [1.165, 1.54) is 39.0 Å². The Labute approximate surface area is 81.7 Å². The maximum Gasteiger partial charge on any atom is 0.0108 e. The Morgan fingerprint density at radius 3 is 3.00 bits per heavy atom. The van der Waals surface area contributed by atoms with E-state index in [1.807, 2.05) is 0 Å². The van der Waals surface area contributed by atoms with Crippen molar-refractivity contribution in [1.29, 1.82) is 0 Å². The van der Waals surface area contributed by atoms with Gasteiger partial charge >= 0.3 is 0 Å². The van der Waals surface area contributed by atoms with Gasteiger partial charge in [0.05, 0.1) is 0 Å². The van der Waals surface area contributed by atoms with Crippen molar-refractivity contribution in [3.8, 4) is 0 Å². The van der Waals surface area contributed by atoms with Crippen LogP contribution >= 0.6 is 0 Å². The Morgan fingerprint density at radius 2 is 2.23 bits per heavy atom. The summed E-state index contributed by atoms with van der Waals surface area (Å²) in [6, 6.07) is 0.809. The lowest BCUT2D eigenvalue weighted by Crippen LogP contribution is -2.55. The van der Waals surface area contributed by atoms with Gasteiger partial charge in [0, 0.05) is 12.6 Å². The minimum absolute atomic E-state index is 0.809. The Morgan fingerprint density at radius 1 is 1.38 bits per heavy atom. The Kier molecular flexibility index (Phi) is 2.89. The maximum absolute atomic E-state index is 3.55. The first-order chi connectivity index (χ1) is 6.31. The molecule has 0 radical (unpaired) electrons. The molecule has 0 amide bonds. The summed E-state index contributed by atoms with van der Waals surface area (Å²) >= 11 is 0. The number of nitrogens with one attached hydrogen (secondary N) is 1. The van der Waals surface area contributed by atoms with Gasteiger partial charge in [-0.05, 0) is 51.2 Å². The van der Waals surface area contributed by atoms with E-state index in [0.29, 0.717) is 0 Å². The molecule has 0 saturated carbocycles. The molecular weight excluding hydrogens is 160 g/mol. The van der Waals surface area contributed by atoms with Crippen LogP contribution in [-0.2, 0) is 0 Å². The molecule has 2 heterocycles. The van der Waals surface area contributed by atoms with E-state index in [2.05, 4.69) is 24.1 Å². The van der Waals surface area contributed by atoms with Crippen molar-refractivity contribution in [2.75, 3.05) is 26.2 Å². The van der Waals surface area contributed by atoms with Crippen molar-refractivity contribution in [3.05, 3.63) is 0 Å². The molecule has 2 aliphatic heterocycles. The van der Waals surface area contributed by atoms with Gasteiger partial charge in [-0.1, -0.05) is 6.92 Å². The van der Waals surface area contributed by atoms with Crippen LogP contribution in [0.4, 0.5) is 0 Å². The average Bonchev–Trinajstić information content (AvgIpc) is 2.15. The fraction of sp³-hybridized carbons (Fsp3) is 1.00. The Bertz CT molecular complexity index is 169. The highest BCUT2D eigenvalue weighted by atomic mass is 15.2. The molecule has 2 aliphatic rings. The number of rotatable bonds is 2. The monoisotopic (exact) mass is 182 g/mol. The molecule has 2 bridgehead atoms. The third-order valence-electron chi connectivity index (χ3n) is 3.74. The van der Waals surface area contributed by atoms with E-state index in [0.717, 1.165) is 17.9 Å². The van der Waals surface area contributed by atoms with E-state index >= 15 is 0 Å². The highest BCUT2D eigenvalue weighted by Gasteiger charge is 2.34. The summed E-state index contributed by atoms with van der Waals surface area (Å²) in [6.45, 7) is 9.83. The van der Waals surface area contributed by atoms with Crippen LogP contribution in [0.1, 0.15) is 26.7 Å². The standard InChI is InChI=1S/C11H22N2/c1-3-4-13-8-10-5-11(9(13)2)7-12-6-10/h9-12H,3-8H2,1-2H3/t9-,10+,11+/m0/s1. The third kappa shape index (κ3) is 1.89. The third-order valence-corrected chi connectivity index (χ3v) is 3.74. The second-order valence-electron chi connectivity index (χ2n) is 4.76. The Hall–Kier alpha value is -0.0800. The molecule has 2 saturated heterocycles. The van der Waals surface area contributed by atoms with Crippen LogP contribution in [-0.4, -0.2) is 37.1 Å². The molecule has 3 atom stereocenters. The fourth-order valence-electron chi connectivity index (χ4n) is 2.95. The quantitative estimate of drug-likeness (QED) is 0.693. The van der Waals surface area contributed by atoms with Crippen LogP contribution < -0.4 is 5.32 Å². The van der Waals surface area contributed by atoms with Gasteiger partial charge in [0.1, 0.15) is 0 Å². The largest absolute Gasteiger partial charge is 0.316 e. The molecule has 2 rings (SSSR count). The van der Waals surface area contributed by atoms with Crippen molar-refractivity contribution >= 4 is 0 Å². The lowest BCUT2D eigenvalue weighted by atomic mass is 9.81. The van der Waals surface area contributed by atoms with Crippen LogP contribution in [0.2, 0.25) is 0 Å². The second-order valence-corrected chi connectivity index (χ2v) is 4.76. The van der Waals surface area contributed by atoms with Crippen molar-refractivity contribution in [2.45, 2.75) is 32.7 Å². The van der Waals surface area contributed by atoms with Gasteiger partial charge in [-0.3, -0.25) is 0 Å². The van der Waals surface area contributed by atoms with Crippen LogP contribution in [0.25, 0.3) is 0 Å². The highest BCUT2D eigenvalue weighted by molar-refractivity contribution is 4.90. The summed E-state index contributed by atoms with van der Waals surface area (Å²) in [5, 5.41) is 3.55. The number of piperidine rings is 2. The first kappa shape index (κ1) is 9.47.